The van der Waals surface area contributed by atoms with Crippen molar-refractivity contribution in [3.05, 3.63) is 22.4 Å². The van der Waals surface area contributed by atoms with Gasteiger partial charge in [0, 0.05) is 13.0 Å². The second kappa shape index (κ2) is 5.14. The molecule has 72 valence electrons. The average Bonchev–Trinajstić information content (AvgIpc) is 2.56. The molecule has 1 rings (SSSR count). The molecule has 0 bridgehead atoms. The normalized spacial score (nSPS) is 10.7. The number of hydrogen-bond donors (Lipinski definition) is 0. The van der Waals surface area contributed by atoms with Gasteiger partial charge >= 0.3 is 0 Å². The fraction of sp³-hybridized carbons (Fsp3) is 0.500. The van der Waals surface area contributed by atoms with Crippen LogP contribution in [0.15, 0.2) is 16.8 Å². The van der Waals surface area contributed by atoms with Crippen LogP contribution in [0.1, 0.15) is 18.9 Å². The molecular formula is C10H15NOS. The Balaban J connectivity index is 2.33. The first-order valence-electron chi connectivity index (χ1n) is 4.43. The third-order valence-electron chi connectivity index (χ3n) is 1.87. The van der Waals surface area contributed by atoms with Crippen molar-refractivity contribution in [3.8, 4) is 0 Å². The van der Waals surface area contributed by atoms with Gasteiger partial charge in [-0.25, -0.2) is 0 Å². The Bertz CT molecular complexity index is 256. The number of hydrogen-bond acceptors (Lipinski definition) is 3. The lowest BCUT2D eigenvalue weighted by atomic mass is 10.2. The summed E-state index contributed by atoms with van der Waals surface area (Å²) in [5.41, 5.74) is 1.29. The summed E-state index contributed by atoms with van der Waals surface area (Å²) in [6.07, 6.45) is 0.633. The minimum absolute atomic E-state index is 0.303. The van der Waals surface area contributed by atoms with E-state index in [-0.39, 0.29) is 0 Å². The molecule has 0 unspecified atom stereocenters. The summed E-state index contributed by atoms with van der Waals surface area (Å²) in [6.45, 7) is 3.34. The van der Waals surface area contributed by atoms with Crippen molar-refractivity contribution < 1.29 is 4.79 Å². The lowest BCUT2D eigenvalue weighted by Gasteiger charge is -2.13. The monoisotopic (exact) mass is 197 g/mol. The highest BCUT2D eigenvalue weighted by molar-refractivity contribution is 7.07. The van der Waals surface area contributed by atoms with E-state index in [1.54, 1.807) is 11.3 Å². The minimum atomic E-state index is 0.303. The van der Waals surface area contributed by atoms with Crippen molar-refractivity contribution in [1.29, 1.82) is 0 Å². The van der Waals surface area contributed by atoms with Crippen LogP contribution < -0.4 is 0 Å². The summed E-state index contributed by atoms with van der Waals surface area (Å²) in [4.78, 5) is 13.2. The van der Waals surface area contributed by atoms with Crippen molar-refractivity contribution >= 4 is 17.1 Å². The first-order valence-corrected chi connectivity index (χ1v) is 5.38. The van der Waals surface area contributed by atoms with Gasteiger partial charge < -0.3 is 0 Å². The summed E-state index contributed by atoms with van der Waals surface area (Å²) in [7, 11) is 1.98. The molecule has 0 spiro atoms. The number of thiophene rings is 1. The van der Waals surface area contributed by atoms with Crippen molar-refractivity contribution in [2.45, 2.75) is 19.9 Å². The number of rotatable bonds is 5. The Morgan fingerprint density at radius 3 is 2.92 bits per heavy atom. The van der Waals surface area contributed by atoms with Crippen molar-refractivity contribution in [1.82, 2.24) is 4.90 Å². The van der Waals surface area contributed by atoms with Gasteiger partial charge in [-0.05, 0) is 29.4 Å². The van der Waals surface area contributed by atoms with Crippen LogP contribution >= 0.6 is 11.3 Å². The third-order valence-corrected chi connectivity index (χ3v) is 2.61. The lowest BCUT2D eigenvalue weighted by Crippen LogP contribution is -2.24. The molecule has 1 aromatic heterocycles. The van der Waals surface area contributed by atoms with Gasteiger partial charge in [0.1, 0.15) is 5.78 Å². The Kier molecular flexibility index (Phi) is 4.12. The molecule has 0 aliphatic heterocycles. The van der Waals surface area contributed by atoms with Crippen LogP contribution in [0.4, 0.5) is 0 Å². The second-order valence-electron chi connectivity index (χ2n) is 3.20. The van der Waals surface area contributed by atoms with Crippen LogP contribution in [0.3, 0.4) is 0 Å². The summed E-state index contributed by atoms with van der Waals surface area (Å²) >= 11 is 1.69. The summed E-state index contributed by atoms with van der Waals surface area (Å²) in [6, 6.07) is 2.09. The molecule has 0 radical (unpaired) electrons. The SMILES string of the molecule is CCC(=O)CN(C)Cc1ccsc1. The Hall–Kier alpha value is -0.670. The molecule has 0 saturated carbocycles. The Morgan fingerprint density at radius 1 is 1.62 bits per heavy atom. The van der Waals surface area contributed by atoms with Gasteiger partial charge in [-0.2, -0.15) is 11.3 Å². The molecule has 0 N–H and O–H groups in total. The van der Waals surface area contributed by atoms with Gasteiger partial charge in [0.2, 0.25) is 0 Å². The highest BCUT2D eigenvalue weighted by atomic mass is 32.1. The predicted octanol–water partition coefficient (Wildman–Crippen LogP) is 2.16. The van der Waals surface area contributed by atoms with Gasteiger partial charge in [-0.3, -0.25) is 9.69 Å². The van der Waals surface area contributed by atoms with Crippen LogP contribution in [0, 0.1) is 0 Å². The van der Waals surface area contributed by atoms with E-state index in [0.717, 1.165) is 6.54 Å². The topological polar surface area (TPSA) is 20.3 Å². The maximum absolute atomic E-state index is 11.1. The number of carbonyl (C=O) groups excluding carboxylic acids is 1. The average molecular weight is 197 g/mol. The van der Waals surface area contributed by atoms with Gasteiger partial charge in [0.25, 0.3) is 0 Å². The van der Waals surface area contributed by atoms with E-state index >= 15 is 0 Å². The maximum atomic E-state index is 11.1. The molecule has 13 heavy (non-hydrogen) atoms. The molecule has 1 heterocycles. The van der Waals surface area contributed by atoms with Gasteiger partial charge in [0.15, 0.2) is 0 Å². The van der Waals surface area contributed by atoms with Crippen LogP contribution in [0.5, 0.6) is 0 Å². The van der Waals surface area contributed by atoms with E-state index in [4.69, 9.17) is 0 Å². The molecule has 0 amide bonds. The van der Waals surface area contributed by atoms with E-state index < -0.39 is 0 Å². The highest BCUT2D eigenvalue weighted by Gasteiger charge is 2.04. The van der Waals surface area contributed by atoms with E-state index in [9.17, 15) is 4.79 Å². The van der Waals surface area contributed by atoms with Crippen LogP contribution in [0.2, 0.25) is 0 Å². The van der Waals surface area contributed by atoms with Gasteiger partial charge in [-0.1, -0.05) is 6.92 Å². The van der Waals surface area contributed by atoms with Crippen molar-refractivity contribution in [2.24, 2.45) is 0 Å². The molecule has 0 atom stereocenters. The zero-order valence-corrected chi connectivity index (χ0v) is 8.93. The summed E-state index contributed by atoms with van der Waals surface area (Å²) < 4.78 is 0. The van der Waals surface area contributed by atoms with E-state index in [2.05, 4.69) is 16.8 Å². The summed E-state index contributed by atoms with van der Waals surface area (Å²) in [5.74, 6) is 0.303. The zero-order valence-electron chi connectivity index (χ0n) is 8.12. The molecule has 0 aromatic carbocycles. The molecule has 3 heteroatoms. The summed E-state index contributed by atoms with van der Waals surface area (Å²) in [5, 5.41) is 4.18. The first kappa shape index (κ1) is 10.4. The predicted molar refractivity (Wildman–Crippen MR) is 56.0 cm³/mol. The molecule has 0 saturated heterocycles. The molecule has 1 aromatic rings. The fourth-order valence-electron chi connectivity index (χ4n) is 1.16. The van der Waals surface area contributed by atoms with Gasteiger partial charge in [0.05, 0.1) is 6.54 Å². The molecule has 0 fully saturated rings. The molecule has 0 aliphatic carbocycles. The van der Waals surface area contributed by atoms with E-state index in [0.29, 0.717) is 18.7 Å². The number of likely N-dealkylation sites (N-methyl/N-ethyl adjacent to an activating group) is 1. The van der Waals surface area contributed by atoms with Crippen molar-refractivity contribution in [3.63, 3.8) is 0 Å². The van der Waals surface area contributed by atoms with E-state index in [1.165, 1.54) is 5.56 Å². The Labute approximate surface area is 83.2 Å². The van der Waals surface area contributed by atoms with Crippen LogP contribution in [-0.2, 0) is 11.3 Å². The first-order chi connectivity index (χ1) is 6.22. The second-order valence-corrected chi connectivity index (χ2v) is 3.98. The maximum Gasteiger partial charge on any atom is 0.146 e. The number of Topliss-reactive ketones (excluding diaryl/α,β-unsaturated/α-hetero) is 1. The van der Waals surface area contributed by atoms with Crippen molar-refractivity contribution in [2.75, 3.05) is 13.6 Å². The Morgan fingerprint density at radius 2 is 2.38 bits per heavy atom. The third kappa shape index (κ3) is 3.70. The number of ketones is 1. The zero-order chi connectivity index (χ0) is 9.68. The molecule has 2 nitrogen and oxygen atoms in total. The highest BCUT2D eigenvalue weighted by Crippen LogP contribution is 2.08. The standard InChI is InChI=1S/C10H15NOS/c1-3-10(12)7-11(2)6-9-4-5-13-8-9/h4-5,8H,3,6-7H2,1-2H3. The number of nitrogens with zero attached hydrogens (tertiary/aromatic N) is 1. The lowest BCUT2D eigenvalue weighted by molar-refractivity contribution is -0.119. The molecule has 0 aliphatic rings. The van der Waals surface area contributed by atoms with Crippen LogP contribution in [-0.4, -0.2) is 24.3 Å². The molecular weight excluding hydrogens is 182 g/mol. The minimum Gasteiger partial charge on any atom is -0.298 e. The quantitative estimate of drug-likeness (QED) is 0.721. The van der Waals surface area contributed by atoms with Crippen LogP contribution in [0.25, 0.3) is 0 Å². The largest absolute Gasteiger partial charge is 0.298 e. The fourth-order valence-corrected chi connectivity index (χ4v) is 1.82. The smallest absolute Gasteiger partial charge is 0.146 e. The van der Waals surface area contributed by atoms with Gasteiger partial charge in [-0.15, -0.1) is 0 Å². The van der Waals surface area contributed by atoms with E-state index in [1.807, 2.05) is 18.9 Å². The number of carbonyl (C=O) groups is 1.